The van der Waals surface area contributed by atoms with Crippen molar-refractivity contribution in [2.45, 2.75) is 91.2 Å². The second kappa shape index (κ2) is 6.36. The van der Waals surface area contributed by atoms with Crippen molar-refractivity contribution >= 4 is 5.97 Å². The fourth-order valence-electron chi connectivity index (χ4n) is 7.87. The minimum atomic E-state index is -0.201. The molecule has 0 bridgehead atoms. The van der Waals surface area contributed by atoms with Crippen molar-refractivity contribution in [1.29, 1.82) is 0 Å². The minimum Gasteiger partial charge on any atom is -0.461 e. The summed E-state index contributed by atoms with van der Waals surface area (Å²) in [6.45, 7) is 8.95. The zero-order valence-electron chi connectivity index (χ0n) is 17.1. The number of esters is 1. The Morgan fingerprint density at radius 3 is 2.73 bits per heavy atom. The summed E-state index contributed by atoms with van der Waals surface area (Å²) in [5.74, 6) is 3.21. The number of allylic oxidation sites excluding steroid dienone is 1. The van der Waals surface area contributed by atoms with Gasteiger partial charge in [0.25, 0.3) is 0 Å². The summed E-state index contributed by atoms with van der Waals surface area (Å²) in [6, 6.07) is -0.0277. The molecule has 0 unspecified atom stereocenters. The van der Waals surface area contributed by atoms with E-state index in [0.717, 1.165) is 36.5 Å². The summed E-state index contributed by atoms with van der Waals surface area (Å²) in [5.41, 5.74) is 8.82. The Bertz CT molecular complexity index is 613. The van der Waals surface area contributed by atoms with Crippen LogP contribution in [0.4, 0.5) is 0 Å². The zero-order valence-corrected chi connectivity index (χ0v) is 17.1. The van der Waals surface area contributed by atoms with Gasteiger partial charge in [-0.1, -0.05) is 38.8 Å². The average Bonchev–Trinajstić information content (AvgIpc) is 2.91. The van der Waals surface area contributed by atoms with E-state index in [2.05, 4.69) is 26.8 Å². The molecule has 4 rings (SSSR count). The highest BCUT2D eigenvalue weighted by atomic mass is 16.5. The first-order valence-corrected chi connectivity index (χ1v) is 10.9. The average molecular weight is 360 g/mol. The van der Waals surface area contributed by atoms with Gasteiger partial charge in [-0.3, -0.25) is 4.79 Å². The Labute approximate surface area is 159 Å². The molecule has 4 aliphatic carbocycles. The molecular weight excluding hydrogens is 322 g/mol. The molecule has 3 saturated carbocycles. The van der Waals surface area contributed by atoms with Crippen molar-refractivity contribution < 1.29 is 9.53 Å². The van der Waals surface area contributed by atoms with Crippen LogP contribution in [0.2, 0.25) is 0 Å². The van der Waals surface area contributed by atoms with E-state index >= 15 is 0 Å². The summed E-state index contributed by atoms with van der Waals surface area (Å²) in [5, 5.41) is 0. The van der Waals surface area contributed by atoms with E-state index in [1.54, 1.807) is 0 Å². The fraction of sp³-hybridized carbons (Fsp3) is 0.870. The minimum absolute atomic E-state index is 0.0277. The lowest BCUT2D eigenvalue weighted by molar-refractivity contribution is -0.150. The smallest absolute Gasteiger partial charge is 0.302 e. The lowest BCUT2D eigenvalue weighted by Crippen LogP contribution is -2.55. The Kier molecular flexibility index (Phi) is 4.53. The molecule has 0 aliphatic heterocycles. The second-order valence-corrected chi connectivity index (χ2v) is 10.2. The van der Waals surface area contributed by atoms with E-state index in [4.69, 9.17) is 10.5 Å². The molecule has 0 heterocycles. The lowest BCUT2D eigenvalue weighted by Gasteiger charge is -2.59. The van der Waals surface area contributed by atoms with E-state index in [1.165, 1.54) is 51.0 Å². The number of nitrogens with two attached hydrogens (primary N) is 1. The first-order chi connectivity index (χ1) is 12.3. The molecule has 26 heavy (non-hydrogen) atoms. The number of ether oxygens (including phenoxy) is 1. The number of rotatable bonds is 2. The van der Waals surface area contributed by atoms with Crippen LogP contribution in [0, 0.1) is 34.5 Å². The summed E-state index contributed by atoms with van der Waals surface area (Å²) < 4.78 is 5.54. The molecule has 0 amide bonds. The Hall–Kier alpha value is -0.830. The highest BCUT2D eigenvalue weighted by molar-refractivity contribution is 5.66. The van der Waals surface area contributed by atoms with Gasteiger partial charge in [-0.25, -0.2) is 0 Å². The van der Waals surface area contributed by atoms with E-state index < -0.39 is 0 Å². The Morgan fingerprint density at radius 2 is 2.04 bits per heavy atom. The van der Waals surface area contributed by atoms with E-state index in [-0.39, 0.29) is 23.5 Å². The van der Waals surface area contributed by atoms with E-state index in [9.17, 15) is 4.79 Å². The van der Waals surface area contributed by atoms with Crippen LogP contribution in [0.3, 0.4) is 0 Å². The number of hydrogen-bond donors (Lipinski definition) is 1. The molecule has 8 atom stereocenters. The summed E-state index contributed by atoms with van der Waals surface area (Å²) >= 11 is 0. The molecule has 0 aromatic rings. The van der Waals surface area contributed by atoms with Crippen LogP contribution < -0.4 is 5.73 Å². The standard InChI is InChI=1S/C23H37NO2/c1-5-15-7-9-18-17-8-6-16-12-21(26-14(2)25)20(24)13-23(16,4)19(17)10-11-22(15,18)3/h6,15,17-21H,5,7-13,24H2,1-4H3/t15-,17-,18-,19-,20-,21-,22-,23+/m0/s1. The van der Waals surface area contributed by atoms with Gasteiger partial charge in [-0.15, -0.1) is 0 Å². The van der Waals surface area contributed by atoms with Crippen molar-refractivity contribution in [3.8, 4) is 0 Å². The van der Waals surface area contributed by atoms with Gasteiger partial charge in [-0.05, 0) is 73.0 Å². The van der Waals surface area contributed by atoms with Crippen molar-refractivity contribution in [3.63, 3.8) is 0 Å². The Morgan fingerprint density at radius 1 is 1.27 bits per heavy atom. The van der Waals surface area contributed by atoms with Crippen LogP contribution in [0.15, 0.2) is 11.6 Å². The second-order valence-electron chi connectivity index (χ2n) is 10.2. The normalized spacial score (nSPS) is 50.3. The quantitative estimate of drug-likeness (QED) is 0.567. The molecule has 0 spiro atoms. The lowest BCUT2D eigenvalue weighted by atomic mass is 9.47. The maximum absolute atomic E-state index is 11.4. The van der Waals surface area contributed by atoms with E-state index in [1.807, 2.05) is 0 Å². The summed E-state index contributed by atoms with van der Waals surface area (Å²) in [6.07, 6.45) is 12.4. The van der Waals surface area contributed by atoms with Crippen molar-refractivity contribution in [2.24, 2.45) is 40.2 Å². The fourth-order valence-corrected chi connectivity index (χ4v) is 7.87. The third-order valence-electron chi connectivity index (χ3n) is 9.19. The number of carbonyl (C=O) groups is 1. The monoisotopic (exact) mass is 359 g/mol. The maximum Gasteiger partial charge on any atom is 0.302 e. The number of fused-ring (bicyclic) bond motifs is 5. The SMILES string of the molecule is CC[C@H]1CC[C@H]2[C@@H]3CC=C4C[C@H](OC(C)=O)[C@@H](N)C[C@@]4(C)[C@H]3CC[C@@]12C. The first-order valence-electron chi connectivity index (χ1n) is 10.9. The maximum atomic E-state index is 11.4. The molecule has 3 fully saturated rings. The molecule has 3 heteroatoms. The molecule has 146 valence electrons. The third kappa shape index (κ3) is 2.60. The molecule has 3 nitrogen and oxygen atoms in total. The van der Waals surface area contributed by atoms with Gasteiger partial charge >= 0.3 is 5.97 Å². The van der Waals surface area contributed by atoms with Crippen molar-refractivity contribution in [2.75, 3.05) is 0 Å². The van der Waals surface area contributed by atoms with Crippen LogP contribution in [0.25, 0.3) is 0 Å². The van der Waals surface area contributed by atoms with Gasteiger partial charge in [0.15, 0.2) is 0 Å². The van der Waals surface area contributed by atoms with Gasteiger partial charge in [0.1, 0.15) is 6.10 Å². The number of hydrogen-bond acceptors (Lipinski definition) is 3. The highest BCUT2D eigenvalue weighted by Crippen LogP contribution is 2.66. The molecule has 0 aromatic heterocycles. The van der Waals surface area contributed by atoms with Crippen LogP contribution in [0.1, 0.15) is 79.1 Å². The van der Waals surface area contributed by atoms with Gasteiger partial charge < -0.3 is 10.5 Å². The highest BCUT2D eigenvalue weighted by Gasteiger charge is 2.59. The molecule has 0 saturated heterocycles. The van der Waals surface area contributed by atoms with Gasteiger partial charge in [0.05, 0.1) is 0 Å². The van der Waals surface area contributed by atoms with E-state index in [0.29, 0.717) is 5.41 Å². The van der Waals surface area contributed by atoms with Crippen LogP contribution in [-0.2, 0) is 9.53 Å². The molecular formula is C23H37NO2. The summed E-state index contributed by atoms with van der Waals surface area (Å²) in [7, 11) is 0. The zero-order chi connectivity index (χ0) is 18.7. The summed E-state index contributed by atoms with van der Waals surface area (Å²) in [4.78, 5) is 11.4. The predicted octanol–water partition coefficient (Wildman–Crippen LogP) is 4.84. The van der Waals surface area contributed by atoms with Crippen LogP contribution >= 0.6 is 0 Å². The van der Waals surface area contributed by atoms with Crippen molar-refractivity contribution in [3.05, 3.63) is 11.6 Å². The topological polar surface area (TPSA) is 52.3 Å². The molecule has 2 N–H and O–H groups in total. The predicted molar refractivity (Wildman–Crippen MR) is 104 cm³/mol. The van der Waals surface area contributed by atoms with Gasteiger partial charge in [0.2, 0.25) is 0 Å². The van der Waals surface area contributed by atoms with Gasteiger partial charge in [-0.2, -0.15) is 0 Å². The van der Waals surface area contributed by atoms with Crippen molar-refractivity contribution in [1.82, 2.24) is 0 Å². The van der Waals surface area contributed by atoms with Crippen LogP contribution in [0.5, 0.6) is 0 Å². The third-order valence-corrected chi connectivity index (χ3v) is 9.19. The first kappa shape index (κ1) is 18.5. The molecule has 0 aromatic carbocycles. The van der Waals surface area contributed by atoms with Crippen LogP contribution in [-0.4, -0.2) is 18.1 Å². The molecule has 4 aliphatic rings. The number of carbonyl (C=O) groups excluding carboxylic acids is 1. The van der Waals surface area contributed by atoms with Gasteiger partial charge in [0, 0.05) is 19.4 Å². The largest absolute Gasteiger partial charge is 0.461 e. The molecule has 0 radical (unpaired) electrons. The Balaban J connectivity index is 1.61.